The normalized spacial score (nSPS) is 19.3. The third-order valence-electron chi connectivity index (χ3n) is 4.81. The molecule has 7 nitrogen and oxygen atoms in total. The summed E-state index contributed by atoms with van der Waals surface area (Å²) in [6.45, 7) is 4.52. The Balaban J connectivity index is 2.17. The Morgan fingerprint density at radius 3 is 2.44 bits per heavy atom. The molecule has 0 saturated carbocycles. The van der Waals surface area contributed by atoms with Crippen LogP contribution in [0.2, 0.25) is 0 Å². The van der Waals surface area contributed by atoms with E-state index >= 15 is 0 Å². The number of ketones is 1. The Labute approximate surface area is 158 Å². The number of hydrogen-bond donors (Lipinski definition) is 2. The van der Waals surface area contributed by atoms with E-state index in [1.54, 1.807) is 13.8 Å². The number of rotatable bonds is 5. The molecule has 1 aromatic heterocycles. The lowest BCUT2D eigenvalue weighted by atomic mass is 9.95. The summed E-state index contributed by atoms with van der Waals surface area (Å²) in [7, 11) is 3.82. The Kier molecular flexibility index (Phi) is 5.14. The van der Waals surface area contributed by atoms with Gasteiger partial charge in [-0.3, -0.25) is 14.7 Å². The highest BCUT2D eigenvalue weighted by molar-refractivity contribution is 6.46. The van der Waals surface area contributed by atoms with Crippen LogP contribution in [0.3, 0.4) is 0 Å². The molecule has 1 aromatic carbocycles. The average molecular weight is 368 g/mol. The molecule has 2 heterocycles. The van der Waals surface area contributed by atoms with Crippen molar-refractivity contribution in [2.75, 3.05) is 27.2 Å². The molecule has 0 radical (unpaired) electrons. The van der Waals surface area contributed by atoms with E-state index in [9.17, 15) is 14.7 Å². The van der Waals surface area contributed by atoms with Crippen LogP contribution in [0.15, 0.2) is 35.9 Å². The number of amides is 1. The van der Waals surface area contributed by atoms with Crippen molar-refractivity contribution in [3.05, 3.63) is 58.4 Å². The number of nitrogens with one attached hydrogen (secondary N) is 1. The molecule has 2 N–H and O–H groups in total. The van der Waals surface area contributed by atoms with E-state index in [2.05, 4.69) is 10.2 Å². The van der Waals surface area contributed by atoms with Crippen molar-refractivity contribution in [2.45, 2.75) is 19.9 Å². The second-order valence-electron chi connectivity index (χ2n) is 7.02. The standard InChI is InChI=1S/C20H24N4O3/c1-12-15(13(2)22-21-12)18(25)16-17(14-8-6-5-7-9-14)24(11-10-23(3)4)20(27)19(16)26/h5-9,17,25H,10-11H2,1-4H3,(H,21,22)/b18-16+/t17-/m0/s1. The largest absolute Gasteiger partial charge is 0.507 e. The quantitative estimate of drug-likeness (QED) is 0.479. The van der Waals surface area contributed by atoms with E-state index in [1.165, 1.54) is 4.90 Å². The molecule has 1 aliphatic rings. The number of likely N-dealkylation sites (tertiary alicyclic amines) is 1. The van der Waals surface area contributed by atoms with Gasteiger partial charge in [0.1, 0.15) is 5.76 Å². The molecule has 1 aliphatic heterocycles. The predicted octanol–water partition coefficient (Wildman–Crippen LogP) is 2.01. The summed E-state index contributed by atoms with van der Waals surface area (Å²) in [5, 5.41) is 17.9. The van der Waals surface area contributed by atoms with Gasteiger partial charge in [0, 0.05) is 18.8 Å². The summed E-state index contributed by atoms with van der Waals surface area (Å²) in [6, 6.07) is 8.69. The summed E-state index contributed by atoms with van der Waals surface area (Å²) < 4.78 is 0. The minimum absolute atomic E-state index is 0.109. The maximum atomic E-state index is 12.9. The van der Waals surface area contributed by atoms with Crippen LogP contribution in [-0.4, -0.2) is 64.0 Å². The first kappa shape index (κ1) is 18.8. The SMILES string of the molecule is Cc1n[nH]c(C)c1/C(O)=C1\C(=O)C(=O)N(CCN(C)C)[C@H]1c1ccccc1. The van der Waals surface area contributed by atoms with Crippen molar-refractivity contribution < 1.29 is 14.7 Å². The molecule has 2 aromatic rings. The van der Waals surface area contributed by atoms with Crippen molar-refractivity contribution in [3.63, 3.8) is 0 Å². The van der Waals surface area contributed by atoms with Gasteiger partial charge in [-0.15, -0.1) is 0 Å². The molecule has 1 saturated heterocycles. The zero-order valence-electron chi connectivity index (χ0n) is 16.0. The van der Waals surface area contributed by atoms with Gasteiger partial charge >= 0.3 is 0 Å². The third kappa shape index (κ3) is 3.38. The first-order chi connectivity index (χ1) is 12.8. The van der Waals surface area contributed by atoms with Crippen LogP contribution in [-0.2, 0) is 9.59 Å². The first-order valence-electron chi connectivity index (χ1n) is 8.83. The van der Waals surface area contributed by atoms with E-state index in [1.807, 2.05) is 49.3 Å². The molecule has 0 unspecified atom stereocenters. The highest BCUT2D eigenvalue weighted by Gasteiger charge is 2.46. The van der Waals surface area contributed by atoms with Gasteiger partial charge < -0.3 is 14.9 Å². The zero-order chi connectivity index (χ0) is 19.7. The van der Waals surface area contributed by atoms with Gasteiger partial charge in [0.05, 0.1) is 22.9 Å². The topological polar surface area (TPSA) is 89.5 Å². The van der Waals surface area contributed by atoms with Crippen LogP contribution in [0.25, 0.3) is 5.76 Å². The highest BCUT2D eigenvalue weighted by atomic mass is 16.3. The predicted molar refractivity (Wildman–Crippen MR) is 102 cm³/mol. The van der Waals surface area contributed by atoms with Crippen LogP contribution in [0.4, 0.5) is 0 Å². The second kappa shape index (κ2) is 7.36. The number of hydrogen-bond acceptors (Lipinski definition) is 5. The molecule has 0 aliphatic carbocycles. The number of likely N-dealkylation sites (N-methyl/N-ethyl adjacent to an activating group) is 1. The molecular weight excluding hydrogens is 344 g/mol. The molecule has 142 valence electrons. The summed E-state index contributed by atoms with van der Waals surface area (Å²) in [5.74, 6) is -1.44. The van der Waals surface area contributed by atoms with Gasteiger partial charge in [-0.1, -0.05) is 30.3 Å². The van der Waals surface area contributed by atoms with Crippen LogP contribution in [0.5, 0.6) is 0 Å². The molecule has 1 fully saturated rings. The van der Waals surface area contributed by atoms with E-state index in [4.69, 9.17) is 0 Å². The molecule has 0 bridgehead atoms. The smallest absolute Gasteiger partial charge is 0.295 e. The number of nitrogens with zero attached hydrogens (tertiary/aromatic N) is 3. The van der Waals surface area contributed by atoms with Crippen molar-refractivity contribution in [2.24, 2.45) is 0 Å². The Morgan fingerprint density at radius 2 is 1.89 bits per heavy atom. The number of aromatic nitrogens is 2. The number of aliphatic hydroxyl groups excluding tert-OH is 1. The number of carbonyl (C=O) groups excluding carboxylic acids is 2. The van der Waals surface area contributed by atoms with Crippen molar-refractivity contribution in [3.8, 4) is 0 Å². The van der Waals surface area contributed by atoms with Gasteiger partial charge in [0.15, 0.2) is 0 Å². The van der Waals surface area contributed by atoms with Gasteiger partial charge in [-0.2, -0.15) is 5.10 Å². The number of H-pyrrole nitrogens is 1. The Hall–Kier alpha value is -2.93. The molecule has 7 heteroatoms. The van der Waals surface area contributed by atoms with Crippen molar-refractivity contribution >= 4 is 17.4 Å². The molecule has 1 amide bonds. The van der Waals surface area contributed by atoms with Gasteiger partial charge in [-0.25, -0.2) is 0 Å². The third-order valence-corrected chi connectivity index (χ3v) is 4.81. The first-order valence-corrected chi connectivity index (χ1v) is 8.83. The zero-order valence-corrected chi connectivity index (χ0v) is 16.0. The molecule has 1 atom stereocenters. The van der Waals surface area contributed by atoms with Crippen molar-refractivity contribution in [1.82, 2.24) is 20.0 Å². The van der Waals surface area contributed by atoms with Crippen molar-refractivity contribution in [1.29, 1.82) is 0 Å². The molecule has 0 spiro atoms. The summed E-state index contributed by atoms with van der Waals surface area (Å²) in [5.41, 5.74) is 2.60. The van der Waals surface area contributed by atoms with Crippen LogP contribution in [0, 0.1) is 13.8 Å². The minimum Gasteiger partial charge on any atom is -0.507 e. The highest BCUT2D eigenvalue weighted by Crippen LogP contribution is 2.39. The van der Waals surface area contributed by atoms with Crippen LogP contribution in [0.1, 0.15) is 28.6 Å². The lowest BCUT2D eigenvalue weighted by molar-refractivity contribution is -0.140. The summed E-state index contributed by atoms with van der Waals surface area (Å²) in [4.78, 5) is 29.1. The Bertz CT molecular complexity index is 880. The van der Waals surface area contributed by atoms with Gasteiger partial charge in [0.25, 0.3) is 11.7 Å². The second-order valence-corrected chi connectivity index (χ2v) is 7.02. The molecule has 3 rings (SSSR count). The fourth-order valence-corrected chi connectivity index (χ4v) is 3.43. The number of aromatic amines is 1. The number of Topliss-reactive ketones (excluding diaryl/α,β-unsaturated/α-hetero) is 1. The lowest BCUT2D eigenvalue weighted by Gasteiger charge is -2.26. The van der Waals surface area contributed by atoms with Gasteiger partial charge in [-0.05, 0) is 33.5 Å². The number of aryl methyl sites for hydroxylation is 2. The molecule has 27 heavy (non-hydrogen) atoms. The number of benzene rings is 1. The average Bonchev–Trinajstić information content (AvgIpc) is 3.10. The van der Waals surface area contributed by atoms with E-state index in [0.717, 1.165) is 5.56 Å². The monoisotopic (exact) mass is 368 g/mol. The minimum atomic E-state index is -0.667. The number of carbonyl (C=O) groups is 2. The van der Waals surface area contributed by atoms with Crippen LogP contribution < -0.4 is 0 Å². The fraction of sp³-hybridized carbons (Fsp3) is 0.350. The maximum Gasteiger partial charge on any atom is 0.295 e. The lowest BCUT2D eigenvalue weighted by Crippen LogP contribution is -2.35. The fourth-order valence-electron chi connectivity index (χ4n) is 3.43. The summed E-state index contributed by atoms with van der Waals surface area (Å²) >= 11 is 0. The van der Waals surface area contributed by atoms with E-state index in [-0.39, 0.29) is 11.3 Å². The van der Waals surface area contributed by atoms with Gasteiger partial charge in [0.2, 0.25) is 0 Å². The summed E-state index contributed by atoms with van der Waals surface area (Å²) in [6.07, 6.45) is 0. The Morgan fingerprint density at radius 1 is 1.22 bits per heavy atom. The number of aliphatic hydroxyl groups is 1. The maximum absolute atomic E-state index is 12.9. The van der Waals surface area contributed by atoms with E-state index in [0.29, 0.717) is 30.0 Å². The van der Waals surface area contributed by atoms with Crippen LogP contribution >= 0.6 is 0 Å². The van der Waals surface area contributed by atoms with E-state index < -0.39 is 17.7 Å². The molecular formula is C20H24N4O3.